The molecule has 3 aromatic rings. The van der Waals surface area contributed by atoms with E-state index in [2.05, 4.69) is 14.8 Å². The Kier molecular flexibility index (Phi) is 7.61. The molecule has 0 spiro atoms. The van der Waals surface area contributed by atoms with Gasteiger partial charge in [0.25, 0.3) is 0 Å². The van der Waals surface area contributed by atoms with E-state index in [1.807, 2.05) is 4.90 Å². The van der Waals surface area contributed by atoms with E-state index in [1.54, 1.807) is 9.47 Å². The Morgan fingerprint density at radius 1 is 1.00 bits per heavy atom. The molecular formula is C31H34F4N6O2S. The largest absolute Gasteiger partial charge is 0.417 e. The molecule has 8 nitrogen and oxygen atoms in total. The molecule has 2 saturated heterocycles. The van der Waals surface area contributed by atoms with Gasteiger partial charge in [0, 0.05) is 93.5 Å². The van der Waals surface area contributed by atoms with Crippen LogP contribution in [0.4, 0.5) is 23.4 Å². The van der Waals surface area contributed by atoms with Crippen molar-refractivity contribution in [3.63, 3.8) is 0 Å². The maximum atomic E-state index is 14.8. The van der Waals surface area contributed by atoms with Gasteiger partial charge in [-0.25, -0.2) is 9.18 Å². The number of anilines is 1. The number of amides is 1. The summed E-state index contributed by atoms with van der Waals surface area (Å²) < 4.78 is 59.9. The Balaban J connectivity index is 1.37. The van der Waals surface area contributed by atoms with E-state index in [9.17, 15) is 27.2 Å². The monoisotopic (exact) mass is 630 g/mol. The zero-order valence-corrected chi connectivity index (χ0v) is 25.3. The van der Waals surface area contributed by atoms with E-state index in [1.165, 1.54) is 43.7 Å². The lowest BCUT2D eigenvalue weighted by molar-refractivity contribution is -0.137. The second kappa shape index (κ2) is 11.3. The van der Waals surface area contributed by atoms with Crippen LogP contribution in [0.15, 0.2) is 40.0 Å². The first kappa shape index (κ1) is 29.5. The second-order valence-corrected chi connectivity index (χ2v) is 13.2. The molecule has 1 aliphatic carbocycles. The summed E-state index contributed by atoms with van der Waals surface area (Å²) in [6.07, 6.45) is -2.21. The third-order valence-corrected chi connectivity index (χ3v) is 10.6. The van der Waals surface area contributed by atoms with Crippen molar-refractivity contribution in [3.05, 3.63) is 52.2 Å². The Hall–Kier alpha value is -3.16. The topological polar surface area (TPSA) is 64.9 Å². The third kappa shape index (κ3) is 5.47. The van der Waals surface area contributed by atoms with Gasteiger partial charge in [0.15, 0.2) is 0 Å². The lowest BCUT2D eigenvalue weighted by Crippen LogP contribution is -2.50. The number of piperazine rings is 2. The summed E-state index contributed by atoms with van der Waals surface area (Å²) in [5, 5.41) is 0.268. The lowest BCUT2D eigenvalue weighted by atomic mass is 9.96. The normalized spacial score (nSPS) is 21.7. The Bertz CT molecular complexity index is 1640. The van der Waals surface area contributed by atoms with Gasteiger partial charge in [-0.3, -0.25) is 19.2 Å². The van der Waals surface area contributed by atoms with Crippen LogP contribution in [0, 0.1) is 5.82 Å². The van der Waals surface area contributed by atoms with Crippen molar-refractivity contribution in [2.24, 2.45) is 0 Å². The van der Waals surface area contributed by atoms with Crippen LogP contribution in [0.25, 0.3) is 22.0 Å². The predicted molar refractivity (Wildman–Crippen MR) is 162 cm³/mol. The van der Waals surface area contributed by atoms with Crippen molar-refractivity contribution < 1.29 is 22.4 Å². The summed E-state index contributed by atoms with van der Waals surface area (Å²) in [7, 11) is 0. The molecule has 0 N–H and O–H groups in total. The fourth-order valence-electron chi connectivity index (χ4n) is 6.88. The smallest absolute Gasteiger partial charge is 0.352 e. The third-order valence-electron chi connectivity index (χ3n) is 9.33. The minimum atomic E-state index is -4.71. The van der Waals surface area contributed by atoms with Gasteiger partial charge < -0.3 is 9.80 Å². The molecule has 0 unspecified atom stereocenters. The molecule has 3 aliphatic heterocycles. The first-order chi connectivity index (χ1) is 21.1. The van der Waals surface area contributed by atoms with E-state index >= 15 is 0 Å². The highest BCUT2D eigenvalue weighted by molar-refractivity contribution is 7.99. The molecular weight excluding hydrogens is 596 g/mol. The van der Waals surface area contributed by atoms with Crippen LogP contribution in [0.1, 0.15) is 31.4 Å². The zero-order chi connectivity index (χ0) is 30.7. The highest BCUT2D eigenvalue weighted by Gasteiger charge is 2.40. The van der Waals surface area contributed by atoms with Crippen LogP contribution in [0.3, 0.4) is 0 Å². The summed E-state index contributed by atoms with van der Waals surface area (Å²) in [5.74, 6) is 0.00847. The van der Waals surface area contributed by atoms with Crippen LogP contribution in [0.5, 0.6) is 0 Å². The number of rotatable bonds is 5. The Morgan fingerprint density at radius 2 is 1.68 bits per heavy atom. The summed E-state index contributed by atoms with van der Waals surface area (Å²) in [6, 6.07) is 6.57. The number of hydrogen-bond acceptors (Lipinski definition) is 7. The lowest BCUT2D eigenvalue weighted by Gasteiger charge is -2.39. The molecule has 1 aromatic heterocycles. The second-order valence-electron chi connectivity index (χ2n) is 12.1. The van der Waals surface area contributed by atoms with Crippen molar-refractivity contribution in [1.29, 1.82) is 0 Å². The first-order valence-corrected chi connectivity index (χ1v) is 16.1. The van der Waals surface area contributed by atoms with Gasteiger partial charge in [0.05, 0.1) is 17.1 Å². The number of carbonyl (C=O) groups is 1. The van der Waals surface area contributed by atoms with E-state index in [0.717, 1.165) is 44.4 Å². The molecule has 4 heterocycles. The summed E-state index contributed by atoms with van der Waals surface area (Å²) in [6.45, 7) is 7.26. The quantitative estimate of drug-likeness (QED) is 0.390. The van der Waals surface area contributed by atoms with Crippen LogP contribution < -0.4 is 10.6 Å². The minimum Gasteiger partial charge on any atom is -0.352 e. The number of halogens is 4. The predicted octanol–water partition coefficient (Wildman–Crippen LogP) is 4.32. The Morgan fingerprint density at radius 3 is 2.30 bits per heavy atom. The molecule has 13 heteroatoms. The van der Waals surface area contributed by atoms with Crippen LogP contribution in [-0.4, -0.2) is 101 Å². The fraction of sp³-hybridized carbons (Fsp3) is 0.516. The molecule has 7 rings (SSSR count). The molecule has 1 amide bonds. The van der Waals surface area contributed by atoms with Gasteiger partial charge in [-0.2, -0.15) is 18.2 Å². The van der Waals surface area contributed by atoms with Crippen LogP contribution in [0.2, 0.25) is 0 Å². The molecule has 0 radical (unpaired) electrons. The van der Waals surface area contributed by atoms with Gasteiger partial charge in [-0.15, -0.1) is 11.8 Å². The van der Waals surface area contributed by atoms with Crippen molar-refractivity contribution in [3.8, 4) is 11.1 Å². The summed E-state index contributed by atoms with van der Waals surface area (Å²) >= 11 is 1.33. The van der Waals surface area contributed by atoms with Crippen molar-refractivity contribution >= 4 is 34.4 Å². The fourth-order valence-corrected chi connectivity index (χ4v) is 8.21. The van der Waals surface area contributed by atoms with E-state index < -0.39 is 23.2 Å². The molecule has 4 aliphatic rings. The molecule has 234 valence electrons. The van der Waals surface area contributed by atoms with Crippen molar-refractivity contribution in [2.45, 2.75) is 42.9 Å². The first-order valence-electron chi connectivity index (χ1n) is 15.1. The van der Waals surface area contributed by atoms with Gasteiger partial charge in [0.2, 0.25) is 5.91 Å². The van der Waals surface area contributed by atoms with Crippen LogP contribution >= 0.6 is 11.8 Å². The number of hydrogen-bond donors (Lipinski definition) is 0. The number of alkyl halides is 3. The number of benzene rings is 2. The number of aromatic nitrogens is 2. The highest BCUT2D eigenvalue weighted by Crippen LogP contribution is 2.50. The summed E-state index contributed by atoms with van der Waals surface area (Å²) in [5.41, 5.74) is -0.693. The minimum absolute atomic E-state index is 0.0433. The maximum absolute atomic E-state index is 14.8. The average molecular weight is 631 g/mol. The maximum Gasteiger partial charge on any atom is 0.417 e. The van der Waals surface area contributed by atoms with E-state index in [-0.39, 0.29) is 34.3 Å². The SMILES string of the molecule is CC(=O)N1CCN(c2nc(=O)n3c4c(c(-c5ccc(F)cc5)c(C(F)(F)F)cc24)SC[C@@H]3CN2CCN(C3CC3)CC2)CC1. The molecule has 1 atom stereocenters. The highest BCUT2D eigenvalue weighted by atomic mass is 32.2. The molecule has 2 aromatic carbocycles. The van der Waals surface area contributed by atoms with Gasteiger partial charge in [0.1, 0.15) is 11.6 Å². The van der Waals surface area contributed by atoms with E-state index in [4.69, 9.17) is 0 Å². The number of nitrogens with zero attached hydrogens (tertiary/aromatic N) is 6. The number of carbonyl (C=O) groups excluding carboxylic acids is 1. The Labute approximate surface area is 256 Å². The summed E-state index contributed by atoms with van der Waals surface area (Å²) in [4.78, 5) is 39.0. The van der Waals surface area contributed by atoms with E-state index in [0.29, 0.717) is 54.9 Å². The van der Waals surface area contributed by atoms with Crippen molar-refractivity contribution in [2.75, 3.05) is 69.6 Å². The molecule has 3 fully saturated rings. The van der Waals surface area contributed by atoms with Crippen LogP contribution in [-0.2, 0) is 11.0 Å². The zero-order valence-electron chi connectivity index (χ0n) is 24.4. The number of thioether (sulfide) groups is 1. The van der Waals surface area contributed by atoms with Gasteiger partial charge in [-0.1, -0.05) is 12.1 Å². The average Bonchev–Trinajstić information content (AvgIpc) is 3.85. The molecule has 1 saturated carbocycles. The molecule has 44 heavy (non-hydrogen) atoms. The van der Waals surface area contributed by atoms with Gasteiger partial charge in [-0.05, 0) is 36.6 Å². The molecule has 0 bridgehead atoms. The van der Waals surface area contributed by atoms with Crippen molar-refractivity contribution in [1.82, 2.24) is 24.3 Å². The standard InChI is InChI=1S/C31H34F4N6O2S/c1-19(42)38-12-14-40(15-13-38)29-24-16-25(31(33,34)35)26(20-2-4-21(32)5-3-20)28-27(24)41(30(43)36-29)23(18-44-28)17-37-8-10-39(11-9-37)22-6-7-22/h2-5,16,22-23H,6-15,17-18H2,1H3/t23-/m0/s1. The van der Waals surface area contributed by atoms with Gasteiger partial charge >= 0.3 is 11.9 Å².